The minimum Gasteiger partial charge on any atom is -0.444 e. The van der Waals surface area contributed by atoms with Crippen LogP contribution in [-0.2, 0) is 27.4 Å². The van der Waals surface area contributed by atoms with Gasteiger partial charge in [-0.25, -0.2) is 9.69 Å². The van der Waals surface area contributed by atoms with Crippen LogP contribution in [0.25, 0.3) is 0 Å². The molecular formula is C22H25N2O4. The molecule has 2 atom stereocenters. The van der Waals surface area contributed by atoms with Gasteiger partial charge in [0.2, 0.25) is 12.2 Å². The van der Waals surface area contributed by atoms with Crippen molar-refractivity contribution in [2.24, 2.45) is 11.7 Å². The van der Waals surface area contributed by atoms with Gasteiger partial charge in [0.05, 0.1) is 6.04 Å². The number of carbonyl (C=O) groups is 2. The molecule has 2 aromatic carbocycles. The summed E-state index contributed by atoms with van der Waals surface area (Å²) in [5, 5.41) is 0. The zero-order valence-corrected chi connectivity index (χ0v) is 16.1. The molecule has 2 rings (SSSR count). The highest BCUT2D eigenvalue weighted by atomic mass is 16.6. The van der Waals surface area contributed by atoms with Crippen molar-refractivity contribution in [2.45, 2.75) is 39.0 Å². The molecule has 6 heteroatoms. The van der Waals surface area contributed by atoms with E-state index in [-0.39, 0.29) is 18.9 Å². The van der Waals surface area contributed by atoms with E-state index in [2.05, 4.69) is 0 Å². The summed E-state index contributed by atoms with van der Waals surface area (Å²) in [5.74, 6) is -0.987. The number of imide groups is 1. The van der Waals surface area contributed by atoms with Crippen LogP contribution in [0.5, 0.6) is 0 Å². The van der Waals surface area contributed by atoms with E-state index in [1.807, 2.05) is 48.5 Å². The van der Waals surface area contributed by atoms with E-state index in [0.717, 1.165) is 16.0 Å². The van der Waals surface area contributed by atoms with Crippen LogP contribution in [-0.4, -0.2) is 35.3 Å². The molecule has 147 valence electrons. The molecule has 2 N–H and O–H groups in total. The average molecular weight is 381 g/mol. The Hall–Kier alpha value is -2.99. The predicted molar refractivity (Wildman–Crippen MR) is 106 cm³/mol. The van der Waals surface area contributed by atoms with Crippen LogP contribution in [0.3, 0.4) is 0 Å². The van der Waals surface area contributed by atoms with Crippen LogP contribution in [0.1, 0.15) is 25.0 Å². The Kier molecular flexibility index (Phi) is 7.89. The molecule has 0 aliphatic rings. The normalized spacial score (nSPS) is 12.9. The molecule has 0 aromatic heterocycles. The number of benzene rings is 2. The van der Waals surface area contributed by atoms with E-state index in [0.29, 0.717) is 0 Å². The smallest absolute Gasteiger partial charge is 0.417 e. The average Bonchev–Trinajstić information content (AvgIpc) is 2.70. The van der Waals surface area contributed by atoms with Crippen molar-refractivity contribution >= 4 is 18.3 Å². The third-order valence-electron chi connectivity index (χ3n) is 4.29. The van der Waals surface area contributed by atoms with Crippen molar-refractivity contribution in [3.8, 4) is 0 Å². The second-order valence-corrected chi connectivity index (χ2v) is 6.85. The highest BCUT2D eigenvalue weighted by Crippen LogP contribution is 2.15. The van der Waals surface area contributed by atoms with Gasteiger partial charge < -0.3 is 10.5 Å². The van der Waals surface area contributed by atoms with Gasteiger partial charge in [-0.2, -0.15) is 0 Å². The molecule has 0 unspecified atom stereocenters. The molecule has 2 amide bonds. The van der Waals surface area contributed by atoms with Crippen molar-refractivity contribution in [3.63, 3.8) is 0 Å². The molecule has 28 heavy (non-hydrogen) atoms. The van der Waals surface area contributed by atoms with Crippen LogP contribution in [0.15, 0.2) is 60.7 Å². The molecule has 0 aliphatic heterocycles. The monoisotopic (exact) mass is 381 g/mol. The van der Waals surface area contributed by atoms with Crippen LogP contribution >= 0.6 is 0 Å². The maximum atomic E-state index is 12.9. The molecule has 0 saturated heterocycles. The predicted octanol–water partition coefficient (Wildman–Crippen LogP) is 2.86. The second-order valence-electron chi connectivity index (χ2n) is 6.85. The molecule has 0 bridgehead atoms. The molecule has 2 aromatic rings. The van der Waals surface area contributed by atoms with Crippen LogP contribution in [0.4, 0.5) is 4.79 Å². The molecule has 0 fully saturated rings. The van der Waals surface area contributed by atoms with Gasteiger partial charge in [0.1, 0.15) is 12.6 Å². The van der Waals surface area contributed by atoms with Crippen molar-refractivity contribution in [2.75, 3.05) is 0 Å². The topological polar surface area (TPSA) is 89.7 Å². The number of rotatable bonds is 8. The van der Waals surface area contributed by atoms with E-state index < -0.39 is 24.1 Å². The summed E-state index contributed by atoms with van der Waals surface area (Å²) in [5.41, 5.74) is 7.69. The number of nitrogens with two attached hydrogens (primary N) is 1. The Bertz CT molecular complexity index is 778. The standard InChI is InChI=1S/C22H25N2O4/c1-16(2)20(14-25)24(22(27)28-15-18-11-7-4-8-12-18)21(26)19(23)13-17-9-5-3-6-10-17/h3-12,16,19-20H,13,15,23H2,1-2H3/t19-,20+/m0/s1. The first-order valence-electron chi connectivity index (χ1n) is 9.15. The number of carbonyl (C=O) groups excluding carboxylic acids is 3. The molecule has 0 aliphatic carbocycles. The van der Waals surface area contributed by atoms with Gasteiger partial charge in [-0.05, 0) is 23.5 Å². The molecule has 0 saturated carbocycles. The van der Waals surface area contributed by atoms with E-state index in [9.17, 15) is 14.4 Å². The summed E-state index contributed by atoms with van der Waals surface area (Å²) in [7, 11) is 0. The SMILES string of the molecule is CC(C)[C@@H]([C]=O)N(C(=O)OCc1ccccc1)C(=O)[C@@H](N)Cc1ccccc1. The molecule has 6 nitrogen and oxygen atoms in total. The fraction of sp³-hybridized carbons (Fsp3) is 0.318. The van der Waals surface area contributed by atoms with Crippen molar-refractivity contribution in [3.05, 3.63) is 71.8 Å². The van der Waals surface area contributed by atoms with E-state index in [4.69, 9.17) is 10.5 Å². The number of hydrogen-bond acceptors (Lipinski definition) is 5. The van der Waals surface area contributed by atoms with E-state index in [1.165, 1.54) is 0 Å². The molecule has 1 radical (unpaired) electrons. The number of nitrogens with zero attached hydrogens (tertiary/aromatic N) is 1. The zero-order chi connectivity index (χ0) is 20.5. The first-order chi connectivity index (χ1) is 13.4. The van der Waals surface area contributed by atoms with Crippen molar-refractivity contribution in [1.29, 1.82) is 0 Å². The molecule has 0 spiro atoms. The van der Waals surface area contributed by atoms with Gasteiger partial charge in [-0.15, -0.1) is 0 Å². The lowest BCUT2D eigenvalue weighted by molar-refractivity contribution is -0.132. The van der Waals surface area contributed by atoms with Gasteiger partial charge in [0.25, 0.3) is 0 Å². The summed E-state index contributed by atoms with van der Waals surface area (Å²) in [4.78, 5) is 37.9. The van der Waals surface area contributed by atoms with Gasteiger partial charge in [-0.1, -0.05) is 74.5 Å². The first kappa shape index (κ1) is 21.3. The summed E-state index contributed by atoms with van der Waals surface area (Å²) >= 11 is 0. The lowest BCUT2D eigenvalue weighted by atomic mass is 10.0. The molecule has 0 heterocycles. The second kappa shape index (κ2) is 10.4. The van der Waals surface area contributed by atoms with Crippen LogP contribution in [0, 0.1) is 5.92 Å². The van der Waals surface area contributed by atoms with Gasteiger partial charge in [-0.3, -0.25) is 9.59 Å². The van der Waals surface area contributed by atoms with Gasteiger partial charge in [0, 0.05) is 0 Å². The lowest BCUT2D eigenvalue weighted by Crippen LogP contribution is -2.54. The van der Waals surface area contributed by atoms with Gasteiger partial charge >= 0.3 is 6.09 Å². The minimum absolute atomic E-state index is 0.0128. The van der Waals surface area contributed by atoms with Crippen LogP contribution < -0.4 is 5.73 Å². The summed E-state index contributed by atoms with van der Waals surface area (Å²) in [6, 6.07) is 16.3. The minimum atomic E-state index is -1.07. The quantitative estimate of drug-likeness (QED) is 0.759. The summed E-state index contributed by atoms with van der Waals surface area (Å²) in [6.45, 7) is 3.44. The van der Waals surface area contributed by atoms with Gasteiger partial charge in [0.15, 0.2) is 0 Å². The van der Waals surface area contributed by atoms with E-state index in [1.54, 1.807) is 32.3 Å². The Morgan fingerprint density at radius 3 is 2.04 bits per heavy atom. The van der Waals surface area contributed by atoms with Crippen LogP contribution in [0.2, 0.25) is 0 Å². The zero-order valence-electron chi connectivity index (χ0n) is 16.1. The maximum absolute atomic E-state index is 12.9. The third-order valence-corrected chi connectivity index (χ3v) is 4.29. The Labute approximate surface area is 165 Å². The lowest BCUT2D eigenvalue weighted by Gasteiger charge is -2.29. The summed E-state index contributed by atoms with van der Waals surface area (Å²) in [6.07, 6.45) is 1.12. The number of hydrogen-bond donors (Lipinski definition) is 1. The number of ether oxygens (including phenoxy) is 1. The Morgan fingerprint density at radius 1 is 1.00 bits per heavy atom. The Balaban J connectivity index is 2.16. The summed E-state index contributed by atoms with van der Waals surface area (Å²) < 4.78 is 5.28. The maximum Gasteiger partial charge on any atom is 0.417 e. The van der Waals surface area contributed by atoms with E-state index >= 15 is 0 Å². The third kappa shape index (κ3) is 5.76. The highest BCUT2D eigenvalue weighted by molar-refractivity contribution is 5.97. The fourth-order valence-electron chi connectivity index (χ4n) is 2.75. The van der Waals surface area contributed by atoms with Crippen molar-refractivity contribution < 1.29 is 19.1 Å². The first-order valence-corrected chi connectivity index (χ1v) is 9.15. The highest BCUT2D eigenvalue weighted by Gasteiger charge is 2.36. The number of amides is 2. The molecular weight excluding hydrogens is 356 g/mol. The largest absolute Gasteiger partial charge is 0.444 e. The van der Waals surface area contributed by atoms with Crippen molar-refractivity contribution in [1.82, 2.24) is 4.90 Å². The Morgan fingerprint density at radius 2 is 1.54 bits per heavy atom. The fourth-order valence-corrected chi connectivity index (χ4v) is 2.75.